The van der Waals surface area contributed by atoms with Crippen molar-refractivity contribution in [3.05, 3.63) is 68.0 Å². The molecule has 1 aromatic heterocycles. The number of aromatic nitrogens is 1. The minimum atomic E-state index is -0.617. The van der Waals surface area contributed by atoms with Gasteiger partial charge in [-0.2, -0.15) is 0 Å². The van der Waals surface area contributed by atoms with Crippen molar-refractivity contribution in [1.82, 2.24) is 4.98 Å². The van der Waals surface area contributed by atoms with Crippen molar-refractivity contribution >= 4 is 21.9 Å². The van der Waals surface area contributed by atoms with Crippen LogP contribution in [0, 0.1) is 0 Å². The Bertz CT molecular complexity index is 646. The number of benzene rings is 1. The summed E-state index contributed by atoms with van der Waals surface area (Å²) in [6, 6.07) is 9.43. The van der Waals surface area contributed by atoms with Gasteiger partial charge in [0.05, 0.1) is 7.11 Å². The number of H-pyrrole nitrogens is 1. The van der Waals surface area contributed by atoms with E-state index in [0.29, 0.717) is 12.0 Å². The molecule has 0 saturated carbocycles. The number of halogens is 1. The number of pyridine rings is 1. The lowest BCUT2D eigenvalue weighted by atomic mass is 10.0. The first-order valence-corrected chi connectivity index (χ1v) is 6.44. The van der Waals surface area contributed by atoms with Crippen molar-refractivity contribution in [2.75, 3.05) is 7.11 Å². The Balaban J connectivity index is 2.40. The third kappa shape index (κ3) is 3.12. The minimum absolute atomic E-state index is 0.0629. The van der Waals surface area contributed by atoms with Gasteiger partial charge in [-0.3, -0.25) is 4.79 Å². The zero-order chi connectivity index (χ0) is 13.8. The molecule has 0 saturated heterocycles. The molecule has 4 nitrogen and oxygen atoms in total. The van der Waals surface area contributed by atoms with E-state index in [2.05, 4.69) is 25.7 Å². The molecule has 19 heavy (non-hydrogen) atoms. The van der Waals surface area contributed by atoms with Gasteiger partial charge in [-0.15, -0.1) is 0 Å². The Labute approximate surface area is 118 Å². The lowest BCUT2D eigenvalue weighted by Gasteiger charge is -2.07. The van der Waals surface area contributed by atoms with Crippen LogP contribution in [-0.4, -0.2) is 18.1 Å². The van der Waals surface area contributed by atoms with Crippen LogP contribution in [0.15, 0.2) is 45.8 Å². The summed E-state index contributed by atoms with van der Waals surface area (Å²) in [6.45, 7) is 0. The van der Waals surface area contributed by atoms with E-state index >= 15 is 0 Å². The Morgan fingerprint density at radius 2 is 1.95 bits per heavy atom. The number of hydrogen-bond donors (Lipinski definition) is 1. The monoisotopic (exact) mass is 321 g/mol. The molecule has 0 aliphatic rings. The molecule has 5 heteroatoms. The van der Waals surface area contributed by atoms with Gasteiger partial charge < -0.3 is 9.72 Å². The molecular weight excluding hydrogens is 310 g/mol. The maximum absolute atomic E-state index is 11.7. The van der Waals surface area contributed by atoms with E-state index in [4.69, 9.17) is 0 Å². The molecule has 1 heterocycles. The minimum Gasteiger partial charge on any atom is -0.465 e. The highest BCUT2D eigenvalue weighted by atomic mass is 79.9. The molecule has 0 bridgehead atoms. The smallest absolute Gasteiger partial charge is 0.343 e. The number of ether oxygens (including phenoxy) is 1. The summed E-state index contributed by atoms with van der Waals surface area (Å²) in [7, 11) is 1.26. The molecular formula is C14H12BrNO3. The molecule has 1 N–H and O–H groups in total. The first-order chi connectivity index (χ1) is 9.11. The number of methoxy groups -OCH3 is 1. The molecule has 0 aliphatic heterocycles. The van der Waals surface area contributed by atoms with Gasteiger partial charge in [0.15, 0.2) is 0 Å². The zero-order valence-corrected chi connectivity index (χ0v) is 11.9. The SMILES string of the molecule is COC(=O)c1c(Cc2ccc(Br)cc2)cc[nH]c1=O. The average molecular weight is 322 g/mol. The second kappa shape index (κ2) is 5.84. The molecule has 0 fully saturated rings. The van der Waals surface area contributed by atoms with Crippen LogP contribution < -0.4 is 5.56 Å². The van der Waals surface area contributed by atoms with Crippen molar-refractivity contribution in [3.8, 4) is 0 Å². The number of hydrogen-bond acceptors (Lipinski definition) is 3. The van der Waals surface area contributed by atoms with Crippen molar-refractivity contribution in [3.63, 3.8) is 0 Å². The largest absolute Gasteiger partial charge is 0.465 e. The van der Waals surface area contributed by atoms with E-state index in [1.54, 1.807) is 6.07 Å². The maximum atomic E-state index is 11.7. The van der Waals surface area contributed by atoms with E-state index in [9.17, 15) is 9.59 Å². The Morgan fingerprint density at radius 3 is 2.58 bits per heavy atom. The molecule has 0 amide bonds. The predicted molar refractivity (Wildman–Crippen MR) is 75.4 cm³/mol. The number of carbonyl (C=O) groups excluding carboxylic acids is 1. The van der Waals surface area contributed by atoms with Gasteiger partial charge in [-0.1, -0.05) is 28.1 Å². The summed E-state index contributed by atoms with van der Waals surface area (Å²) in [4.78, 5) is 25.9. The van der Waals surface area contributed by atoms with Crippen LogP contribution in [0.1, 0.15) is 21.5 Å². The molecule has 0 atom stereocenters. The van der Waals surface area contributed by atoms with Crippen LogP contribution in [0.2, 0.25) is 0 Å². The van der Waals surface area contributed by atoms with Gasteiger partial charge in [0.2, 0.25) is 0 Å². The normalized spacial score (nSPS) is 10.2. The van der Waals surface area contributed by atoms with Crippen LogP contribution in [0.3, 0.4) is 0 Å². The quantitative estimate of drug-likeness (QED) is 0.884. The lowest BCUT2D eigenvalue weighted by Crippen LogP contribution is -2.21. The zero-order valence-electron chi connectivity index (χ0n) is 10.3. The fourth-order valence-corrected chi connectivity index (χ4v) is 2.08. The van der Waals surface area contributed by atoms with Crippen LogP contribution in [-0.2, 0) is 11.2 Å². The Hall–Kier alpha value is -1.88. The van der Waals surface area contributed by atoms with Gasteiger partial charge in [-0.05, 0) is 35.7 Å². The van der Waals surface area contributed by atoms with Gasteiger partial charge in [0.1, 0.15) is 5.56 Å². The van der Waals surface area contributed by atoms with Crippen LogP contribution >= 0.6 is 15.9 Å². The van der Waals surface area contributed by atoms with Crippen molar-refractivity contribution < 1.29 is 9.53 Å². The second-order valence-corrected chi connectivity index (χ2v) is 4.92. The van der Waals surface area contributed by atoms with Crippen molar-refractivity contribution in [1.29, 1.82) is 0 Å². The lowest BCUT2D eigenvalue weighted by molar-refractivity contribution is 0.0597. The third-order valence-electron chi connectivity index (χ3n) is 2.74. The summed E-state index contributed by atoms with van der Waals surface area (Å²) in [5.41, 5.74) is 1.30. The highest BCUT2D eigenvalue weighted by Crippen LogP contribution is 2.15. The number of esters is 1. The number of aromatic amines is 1. The van der Waals surface area contributed by atoms with Gasteiger partial charge in [0, 0.05) is 10.7 Å². The third-order valence-corrected chi connectivity index (χ3v) is 3.27. The number of carbonyl (C=O) groups is 1. The molecule has 0 unspecified atom stereocenters. The van der Waals surface area contributed by atoms with Gasteiger partial charge in [0.25, 0.3) is 5.56 Å². The molecule has 0 aliphatic carbocycles. The van der Waals surface area contributed by atoms with Crippen LogP contribution in [0.4, 0.5) is 0 Å². The predicted octanol–water partition coefficient (Wildman–Crippen LogP) is 2.51. The molecule has 2 aromatic rings. The fourth-order valence-electron chi connectivity index (χ4n) is 1.81. The molecule has 0 spiro atoms. The van der Waals surface area contributed by atoms with E-state index in [1.165, 1.54) is 13.3 Å². The highest BCUT2D eigenvalue weighted by Gasteiger charge is 2.16. The van der Waals surface area contributed by atoms with Crippen LogP contribution in [0.25, 0.3) is 0 Å². The summed E-state index contributed by atoms with van der Waals surface area (Å²) in [6.07, 6.45) is 2.03. The molecule has 1 aromatic carbocycles. The molecule has 2 rings (SSSR count). The van der Waals surface area contributed by atoms with Crippen molar-refractivity contribution in [2.45, 2.75) is 6.42 Å². The summed E-state index contributed by atoms with van der Waals surface area (Å²) in [5.74, 6) is -0.617. The molecule has 98 valence electrons. The Morgan fingerprint density at radius 1 is 1.26 bits per heavy atom. The van der Waals surface area contributed by atoms with Gasteiger partial charge in [-0.25, -0.2) is 4.79 Å². The first kappa shape index (κ1) is 13.5. The summed E-state index contributed by atoms with van der Waals surface area (Å²) in [5, 5.41) is 0. The van der Waals surface area contributed by atoms with E-state index < -0.39 is 11.5 Å². The van der Waals surface area contributed by atoms with E-state index in [-0.39, 0.29) is 5.56 Å². The maximum Gasteiger partial charge on any atom is 0.343 e. The first-order valence-electron chi connectivity index (χ1n) is 5.65. The van der Waals surface area contributed by atoms with Gasteiger partial charge >= 0.3 is 5.97 Å². The Kier molecular flexibility index (Phi) is 4.16. The number of rotatable bonds is 3. The van der Waals surface area contributed by atoms with E-state index in [1.807, 2.05) is 24.3 Å². The standard InChI is InChI=1S/C14H12BrNO3/c1-19-14(18)12-10(6-7-16-13(12)17)8-9-2-4-11(15)5-3-9/h2-7H,8H2,1H3,(H,16,17). The number of nitrogens with one attached hydrogen (secondary N) is 1. The summed E-state index contributed by atoms with van der Waals surface area (Å²) >= 11 is 3.36. The van der Waals surface area contributed by atoms with Crippen molar-refractivity contribution in [2.24, 2.45) is 0 Å². The van der Waals surface area contributed by atoms with Crippen LogP contribution in [0.5, 0.6) is 0 Å². The molecule has 0 radical (unpaired) electrons. The fraction of sp³-hybridized carbons (Fsp3) is 0.143. The van der Waals surface area contributed by atoms with E-state index in [0.717, 1.165) is 10.0 Å². The second-order valence-electron chi connectivity index (χ2n) is 4.00. The topological polar surface area (TPSA) is 59.2 Å². The summed E-state index contributed by atoms with van der Waals surface area (Å²) < 4.78 is 5.63. The highest BCUT2D eigenvalue weighted by molar-refractivity contribution is 9.10. The average Bonchev–Trinajstić information content (AvgIpc) is 2.41.